The van der Waals surface area contributed by atoms with Crippen LogP contribution in [0.3, 0.4) is 0 Å². The van der Waals surface area contributed by atoms with Crippen molar-refractivity contribution in [3.8, 4) is 11.4 Å². The van der Waals surface area contributed by atoms with Crippen molar-refractivity contribution in [2.24, 2.45) is 5.41 Å². The van der Waals surface area contributed by atoms with Gasteiger partial charge in [-0.2, -0.15) is 5.21 Å². The molecule has 0 aliphatic rings. The number of hydrogen-bond acceptors (Lipinski definition) is 3. The molecule has 0 saturated carbocycles. The van der Waals surface area contributed by atoms with Crippen LogP contribution < -0.4 is 0 Å². The number of benzene rings is 1. The Balaban J connectivity index is 2.17. The summed E-state index contributed by atoms with van der Waals surface area (Å²) in [6.07, 6.45) is 1.07. The molecular formula is C12H16N4. The van der Waals surface area contributed by atoms with Crippen molar-refractivity contribution in [3.63, 3.8) is 0 Å². The first-order valence-electron chi connectivity index (χ1n) is 5.37. The van der Waals surface area contributed by atoms with E-state index in [9.17, 15) is 0 Å². The van der Waals surface area contributed by atoms with E-state index < -0.39 is 0 Å². The fourth-order valence-corrected chi connectivity index (χ4v) is 1.67. The molecule has 0 atom stereocenters. The molecule has 1 heterocycles. The van der Waals surface area contributed by atoms with E-state index in [4.69, 9.17) is 0 Å². The van der Waals surface area contributed by atoms with Crippen molar-refractivity contribution in [2.75, 3.05) is 0 Å². The van der Waals surface area contributed by atoms with Gasteiger partial charge in [0, 0.05) is 5.56 Å². The van der Waals surface area contributed by atoms with Crippen LogP contribution in [-0.4, -0.2) is 20.6 Å². The van der Waals surface area contributed by atoms with E-state index >= 15 is 0 Å². The molecule has 2 aromatic rings. The van der Waals surface area contributed by atoms with E-state index in [1.807, 2.05) is 12.1 Å². The van der Waals surface area contributed by atoms with Gasteiger partial charge in [-0.05, 0) is 22.6 Å². The second-order valence-electron chi connectivity index (χ2n) is 5.17. The summed E-state index contributed by atoms with van der Waals surface area (Å²) < 4.78 is 0. The highest BCUT2D eigenvalue weighted by atomic mass is 15.5. The lowest BCUT2D eigenvalue weighted by molar-refractivity contribution is 0.411. The second-order valence-corrected chi connectivity index (χ2v) is 5.17. The van der Waals surface area contributed by atoms with Crippen LogP contribution in [0, 0.1) is 5.41 Å². The zero-order valence-electron chi connectivity index (χ0n) is 9.86. The summed E-state index contributed by atoms with van der Waals surface area (Å²) in [4.78, 5) is 0. The molecule has 16 heavy (non-hydrogen) atoms. The molecule has 0 spiro atoms. The fourth-order valence-electron chi connectivity index (χ4n) is 1.67. The molecule has 1 aromatic heterocycles. The SMILES string of the molecule is CC(C)(C)Cc1ccc(-c2nn[nH]n2)cc1. The van der Waals surface area contributed by atoms with Gasteiger partial charge in [-0.3, -0.25) is 0 Å². The van der Waals surface area contributed by atoms with Crippen molar-refractivity contribution in [1.82, 2.24) is 20.6 Å². The Hall–Kier alpha value is -1.71. The third-order valence-corrected chi connectivity index (χ3v) is 2.29. The van der Waals surface area contributed by atoms with E-state index in [1.165, 1.54) is 5.56 Å². The van der Waals surface area contributed by atoms with Gasteiger partial charge in [-0.15, -0.1) is 10.2 Å². The van der Waals surface area contributed by atoms with E-state index in [1.54, 1.807) is 0 Å². The molecule has 1 N–H and O–H groups in total. The summed E-state index contributed by atoms with van der Waals surface area (Å²) in [6.45, 7) is 6.71. The summed E-state index contributed by atoms with van der Waals surface area (Å²) in [5, 5.41) is 13.9. The van der Waals surface area contributed by atoms with Crippen molar-refractivity contribution >= 4 is 0 Å². The maximum absolute atomic E-state index is 3.94. The molecule has 84 valence electrons. The largest absolute Gasteiger partial charge is 0.204 e. The lowest BCUT2D eigenvalue weighted by Crippen LogP contribution is -2.08. The highest BCUT2D eigenvalue weighted by molar-refractivity contribution is 5.54. The number of nitrogens with zero attached hydrogens (tertiary/aromatic N) is 3. The van der Waals surface area contributed by atoms with E-state index in [0.29, 0.717) is 11.2 Å². The first-order chi connectivity index (χ1) is 7.54. The number of H-pyrrole nitrogens is 1. The van der Waals surface area contributed by atoms with Gasteiger partial charge < -0.3 is 0 Å². The van der Waals surface area contributed by atoms with Crippen LogP contribution in [0.1, 0.15) is 26.3 Å². The molecule has 1 aromatic carbocycles. The average Bonchev–Trinajstić information content (AvgIpc) is 2.69. The van der Waals surface area contributed by atoms with Gasteiger partial charge in [-0.1, -0.05) is 45.0 Å². The van der Waals surface area contributed by atoms with Gasteiger partial charge in [0.1, 0.15) is 0 Å². The molecule has 0 fully saturated rings. The van der Waals surface area contributed by atoms with Crippen LogP contribution in [-0.2, 0) is 6.42 Å². The monoisotopic (exact) mass is 216 g/mol. The second kappa shape index (κ2) is 4.04. The first kappa shape index (κ1) is 10.8. The molecule has 0 bridgehead atoms. The standard InChI is InChI=1S/C12H16N4/c1-12(2,3)8-9-4-6-10(7-5-9)11-13-15-16-14-11/h4-7H,8H2,1-3H3,(H,13,14,15,16). The molecule has 4 nitrogen and oxygen atoms in total. The Bertz CT molecular complexity index is 437. The molecule has 0 aliphatic carbocycles. The summed E-state index contributed by atoms with van der Waals surface area (Å²) in [7, 11) is 0. The highest BCUT2D eigenvalue weighted by Crippen LogP contribution is 2.22. The predicted molar refractivity (Wildman–Crippen MR) is 62.8 cm³/mol. The number of nitrogens with one attached hydrogen (secondary N) is 1. The van der Waals surface area contributed by atoms with Crippen molar-refractivity contribution in [2.45, 2.75) is 27.2 Å². The van der Waals surface area contributed by atoms with Crippen LogP contribution in [0.2, 0.25) is 0 Å². The smallest absolute Gasteiger partial charge is 0.177 e. The highest BCUT2D eigenvalue weighted by Gasteiger charge is 2.11. The third kappa shape index (κ3) is 2.66. The fraction of sp³-hybridized carbons (Fsp3) is 0.417. The zero-order chi connectivity index (χ0) is 11.6. The summed E-state index contributed by atoms with van der Waals surface area (Å²) in [5.74, 6) is 0.641. The van der Waals surface area contributed by atoms with Gasteiger partial charge in [0.25, 0.3) is 0 Å². The quantitative estimate of drug-likeness (QED) is 0.839. The summed E-state index contributed by atoms with van der Waals surface area (Å²) >= 11 is 0. The van der Waals surface area contributed by atoms with Crippen LogP contribution in [0.5, 0.6) is 0 Å². The first-order valence-corrected chi connectivity index (χ1v) is 5.37. The number of aromatic nitrogens is 4. The van der Waals surface area contributed by atoms with Crippen molar-refractivity contribution in [3.05, 3.63) is 29.8 Å². The van der Waals surface area contributed by atoms with E-state index in [2.05, 4.69) is 53.5 Å². The van der Waals surface area contributed by atoms with Crippen molar-refractivity contribution < 1.29 is 0 Å². The van der Waals surface area contributed by atoms with Gasteiger partial charge in [0.15, 0.2) is 0 Å². The summed E-state index contributed by atoms with van der Waals surface area (Å²) in [6, 6.07) is 8.31. The molecule has 0 unspecified atom stereocenters. The number of rotatable bonds is 2. The topological polar surface area (TPSA) is 54.5 Å². The normalized spacial score (nSPS) is 11.7. The minimum Gasteiger partial charge on any atom is -0.177 e. The Labute approximate surface area is 95.1 Å². The van der Waals surface area contributed by atoms with Gasteiger partial charge in [0.05, 0.1) is 0 Å². The number of hydrogen-bond donors (Lipinski definition) is 1. The molecule has 0 saturated heterocycles. The van der Waals surface area contributed by atoms with Gasteiger partial charge in [0.2, 0.25) is 5.82 Å². The van der Waals surface area contributed by atoms with E-state index in [0.717, 1.165) is 12.0 Å². The Morgan fingerprint density at radius 2 is 1.81 bits per heavy atom. The summed E-state index contributed by atoms with van der Waals surface area (Å²) in [5.41, 5.74) is 2.64. The van der Waals surface area contributed by atoms with Gasteiger partial charge >= 0.3 is 0 Å². The Morgan fingerprint density at radius 1 is 1.12 bits per heavy atom. The van der Waals surface area contributed by atoms with Crippen LogP contribution >= 0.6 is 0 Å². The Kier molecular flexibility index (Phi) is 2.73. The van der Waals surface area contributed by atoms with Crippen LogP contribution in [0.25, 0.3) is 11.4 Å². The number of tetrazole rings is 1. The van der Waals surface area contributed by atoms with Crippen molar-refractivity contribution in [1.29, 1.82) is 0 Å². The lowest BCUT2D eigenvalue weighted by atomic mass is 9.88. The molecule has 0 radical (unpaired) electrons. The van der Waals surface area contributed by atoms with Crippen LogP contribution in [0.4, 0.5) is 0 Å². The molecule has 0 amide bonds. The minimum atomic E-state index is 0.313. The molecule has 0 aliphatic heterocycles. The van der Waals surface area contributed by atoms with Gasteiger partial charge in [-0.25, -0.2) is 0 Å². The minimum absolute atomic E-state index is 0.313. The maximum atomic E-state index is 3.94. The Morgan fingerprint density at radius 3 is 2.31 bits per heavy atom. The number of aromatic amines is 1. The van der Waals surface area contributed by atoms with E-state index in [-0.39, 0.29) is 0 Å². The maximum Gasteiger partial charge on any atom is 0.204 e. The zero-order valence-corrected chi connectivity index (χ0v) is 9.86. The van der Waals surface area contributed by atoms with Crippen LogP contribution in [0.15, 0.2) is 24.3 Å². The molecular weight excluding hydrogens is 200 g/mol. The third-order valence-electron chi connectivity index (χ3n) is 2.29. The predicted octanol–water partition coefficient (Wildman–Crippen LogP) is 2.46. The lowest BCUT2D eigenvalue weighted by Gasteiger charge is -2.17. The average molecular weight is 216 g/mol. The molecule has 2 rings (SSSR count). The molecule has 4 heteroatoms.